The first-order valence-electron chi connectivity index (χ1n) is 6.88. The molecule has 2 N–H and O–H groups in total. The van der Waals surface area contributed by atoms with Gasteiger partial charge in [-0.3, -0.25) is 14.9 Å². The Morgan fingerprint density at radius 2 is 1.87 bits per heavy atom. The highest BCUT2D eigenvalue weighted by atomic mass is 32.2. The SMILES string of the molecule is CC(Nc1ccc([N+](=O)[O-])c(S(C)(=O)=O)c1)C(=O)NC(C)(C)C. The maximum atomic E-state index is 12.0. The third-order valence-corrected chi connectivity index (χ3v) is 3.96. The summed E-state index contributed by atoms with van der Waals surface area (Å²) in [4.78, 5) is 21.8. The molecule has 0 saturated carbocycles. The summed E-state index contributed by atoms with van der Waals surface area (Å²) >= 11 is 0. The number of hydrogen-bond acceptors (Lipinski definition) is 6. The fraction of sp³-hybridized carbons (Fsp3) is 0.500. The number of nitro groups is 1. The topological polar surface area (TPSA) is 118 Å². The molecule has 0 bridgehead atoms. The zero-order valence-corrected chi connectivity index (χ0v) is 14.5. The van der Waals surface area contributed by atoms with Gasteiger partial charge in [0.15, 0.2) is 9.84 Å². The number of carbonyl (C=O) groups excluding carboxylic acids is 1. The molecule has 0 radical (unpaired) electrons. The second kappa shape index (κ2) is 6.53. The van der Waals surface area contributed by atoms with E-state index in [4.69, 9.17) is 0 Å². The van der Waals surface area contributed by atoms with E-state index in [0.717, 1.165) is 18.4 Å². The van der Waals surface area contributed by atoms with E-state index in [1.165, 1.54) is 6.07 Å². The largest absolute Gasteiger partial charge is 0.374 e. The lowest BCUT2D eigenvalue weighted by Crippen LogP contribution is -2.47. The van der Waals surface area contributed by atoms with Gasteiger partial charge in [0.25, 0.3) is 5.69 Å². The number of anilines is 1. The first-order chi connectivity index (χ1) is 10.3. The van der Waals surface area contributed by atoms with Gasteiger partial charge in [0.2, 0.25) is 5.91 Å². The molecule has 0 spiro atoms. The first-order valence-corrected chi connectivity index (χ1v) is 8.77. The Bertz CT molecular complexity index is 722. The van der Waals surface area contributed by atoms with E-state index in [0.29, 0.717) is 5.69 Å². The number of nitro benzene ring substituents is 1. The molecule has 0 saturated heterocycles. The zero-order valence-electron chi connectivity index (χ0n) is 13.7. The summed E-state index contributed by atoms with van der Waals surface area (Å²) in [6, 6.07) is 3.00. The minimum atomic E-state index is -3.77. The highest BCUT2D eigenvalue weighted by molar-refractivity contribution is 7.90. The van der Waals surface area contributed by atoms with Crippen LogP contribution in [0.3, 0.4) is 0 Å². The van der Waals surface area contributed by atoms with Crippen LogP contribution >= 0.6 is 0 Å². The third kappa shape index (κ3) is 5.51. The van der Waals surface area contributed by atoms with Crippen LogP contribution in [-0.4, -0.2) is 37.1 Å². The van der Waals surface area contributed by atoms with Gasteiger partial charge in [-0.15, -0.1) is 0 Å². The van der Waals surface area contributed by atoms with Gasteiger partial charge in [0.1, 0.15) is 10.9 Å². The Hall–Kier alpha value is -2.16. The van der Waals surface area contributed by atoms with Crippen molar-refractivity contribution in [3.05, 3.63) is 28.3 Å². The quantitative estimate of drug-likeness (QED) is 0.620. The minimum Gasteiger partial charge on any atom is -0.374 e. The molecule has 1 aromatic rings. The Kier molecular flexibility index (Phi) is 5.36. The smallest absolute Gasteiger partial charge is 0.288 e. The monoisotopic (exact) mass is 343 g/mol. The molecule has 23 heavy (non-hydrogen) atoms. The van der Waals surface area contributed by atoms with Crippen LogP contribution in [0.15, 0.2) is 23.1 Å². The number of sulfone groups is 1. The van der Waals surface area contributed by atoms with E-state index in [1.54, 1.807) is 6.92 Å². The Morgan fingerprint density at radius 3 is 2.30 bits per heavy atom. The number of amides is 1. The number of hydrogen-bond donors (Lipinski definition) is 2. The van der Waals surface area contributed by atoms with E-state index in [1.807, 2.05) is 20.8 Å². The fourth-order valence-electron chi connectivity index (χ4n) is 1.85. The number of benzene rings is 1. The zero-order chi connectivity index (χ0) is 18.0. The highest BCUT2D eigenvalue weighted by Crippen LogP contribution is 2.27. The van der Waals surface area contributed by atoms with Gasteiger partial charge >= 0.3 is 0 Å². The number of nitrogens with one attached hydrogen (secondary N) is 2. The van der Waals surface area contributed by atoms with E-state index in [9.17, 15) is 23.3 Å². The second-order valence-electron chi connectivity index (χ2n) is 6.32. The summed E-state index contributed by atoms with van der Waals surface area (Å²) < 4.78 is 23.4. The molecule has 9 heteroatoms. The normalized spacial score (nSPS) is 13.3. The van der Waals surface area contributed by atoms with Crippen LogP contribution in [-0.2, 0) is 14.6 Å². The van der Waals surface area contributed by atoms with Gasteiger partial charge < -0.3 is 10.6 Å². The molecular formula is C14H21N3O5S. The lowest BCUT2D eigenvalue weighted by Gasteiger charge is -2.24. The standard InChI is InChI=1S/C14H21N3O5S/c1-9(13(18)16-14(2,3)4)15-10-6-7-11(17(19)20)12(8-10)23(5,21)22/h6-9,15H,1-5H3,(H,16,18). The lowest BCUT2D eigenvalue weighted by atomic mass is 10.1. The summed E-state index contributed by atoms with van der Waals surface area (Å²) in [5.41, 5.74) is -0.585. The minimum absolute atomic E-state index is 0.267. The number of carbonyl (C=O) groups is 1. The van der Waals surface area contributed by atoms with Crippen molar-refractivity contribution in [2.75, 3.05) is 11.6 Å². The maximum absolute atomic E-state index is 12.0. The summed E-state index contributed by atoms with van der Waals surface area (Å²) in [5.74, 6) is -0.267. The molecule has 1 unspecified atom stereocenters. The summed E-state index contributed by atoms with van der Waals surface area (Å²) in [5, 5.41) is 16.6. The molecule has 0 heterocycles. The molecule has 0 aromatic heterocycles. The van der Waals surface area contributed by atoms with E-state index in [2.05, 4.69) is 10.6 Å². The van der Waals surface area contributed by atoms with Crippen LogP contribution in [0.25, 0.3) is 0 Å². The van der Waals surface area contributed by atoms with Crippen molar-refractivity contribution < 1.29 is 18.1 Å². The average molecular weight is 343 g/mol. The van der Waals surface area contributed by atoms with Crippen LogP contribution in [0.2, 0.25) is 0 Å². The van der Waals surface area contributed by atoms with Crippen molar-refractivity contribution in [3.8, 4) is 0 Å². The molecule has 0 aliphatic heterocycles. The molecule has 1 aromatic carbocycles. The third-order valence-electron chi connectivity index (χ3n) is 2.83. The molecule has 128 valence electrons. The van der Waals surface area contributed by atoms with Crippen LogP contribution < -0.4 is 10.6 Å². The molecular weight excluding hydrogens is 322 g/mol. The van der Waals surface area contributed by atoms with Crippen molar-refractivity contribution in [3.63, 3.8) is 0 Å². The predicted octanol–water partition coefficient (Wildman–Crippen LogP) is 1.71. The van der Waals surface area contributed by atoms with Gasteiger partial charge in [0, 0.05) is 23.5 Å². The molecule has 0 fully saturated rings. The number of rotatable bonds is 5. The average Bonchev–Trinajstić information content (AvgIpc) is 2.35. The van der Waals surface area contributed by atoms with E-state index in [-0.39, 0.29) is 5.91 Å². The Labute approximate surface area is 135 Å². The van der Waals surface area contributed by atoms with Crippen molar-refractivity contribution in [1.29, 1.82) is 0 Å². The molecule has 1 rings (SSSR count). The van der Waals surface area contributed by atoms with Crippen LogP contribution in [0.1, 0.15) is 27.7 Å². The fourth-order valence-corrected chi connectivity index (χ4v) is 2.71. The molecule has 0 aliphatic rings. The maximum Gasteiger partial charge on any atom is 0.288 e. The predicted molar refractivity (Wildman–Crippen MR) is 87.2 cm³/mol. The molecule has 1 amide bonds. The highest BCUT2D eigenvalue weighted by Gasteiger charge is 2.24. The number of nitrogens with zero attached hydrogens (tertiary/aromatic N) is 1. The van der Waals surface area contributed by atoms with Gasteiger partial charge in [-0.1, -0.05) is 0 Å². The van der Waals surface area contributed by atoms with Gasteiger partial charge in [0.05, 0.1) is 4.92 Å². The van der Waals surface area contributed by atoms with Crippen molar-refractivity contribution in [2.24, 2.45) is 0 Å². The van der Waals surface area contributed by atoms with Crippen molar-refractivity contribution in [2.45, 2.75) is 44.2 Å². The second-order valence-corrected chi connectivity index (χ2v) is 8.30. The Morgan fingerprint density at radius 1 is 1.30 bits per heavy atom. The van der Waals surface area contributed by atoms with Crippen LogP contribution in [0.4, 0.5) is 11.4 Å². The van der Waals surface area contributed by atoms with Crippen LogP contribution in [0.5, 0.6) is 0 Å². The lowest BCUT2D eigenvalue weighted by molar-refractivity contribution is -0.387. The Balaban J connectivity index is 3.07. The molecule has 8 nitrogen and oxygen atoms in total. The summed E-state index contributed by atoms with van der Waals surface area (Å²) in [7, 11) is -3.77. The van der Waals surface area contributed by atoms with Crippen LogP contribution in [0, 0.1) is 10.1 Å². The van der Waals surface area contributed by atoms with Gasteiger partial charge in [-0.2, -0.15) is 0 Å². The van der Waals surface area contributed by atoms with E-state index >= 15 is 0 Å². The first kappa shape index (κ1) is 18.9. The van der Waals surface area contributed by atoms with Crippen molar-refractivity contribution >= 4 is 27.1 Å². The summed E-state index contributed by atoms with van der Waals surface area (Å²) in [6.07, 6.45) is 0.898. The van der Waals surface area contributed by atoms with Gasteiger partial charge in [-0.05, 0) is 39.8 Å². The molecule has 1 atom stereocenters. The summed E-state index contributed by atoms with van der Waals surface area (Å²) in [6.45, 7) is 7.13. The molecule has 0 aliphatic carbocycles. The van der Waals surface area contributed by atoms with Crippen molar-refractivity contribution in [1.82, 2.24) is 5.32 Å². The van der Waals surface area contributed by atoms with Gasteiger partial charge in [-0.25, -0.2) is 8.42 Å². The van der Waals surface area contributed by atoms with E-state index < -0.39 is 36.9 Å².